The van der Waals surface area contributed by atoms with Crippen molar-refractivity contribution in [1.29, 1.82) is 0 Å². The maximum absolute atomic E-state index is 5.39. The highest BCUT2D eigenvalue weighted by atomic mass is 16.5. The largest absolute Gasteiger partial charge is 0.497 e. The van der Waals surface area contributed by atoms with Gasteiger partial charge in [-0.15, -0.1) is 0 Å². The summed E-state index contributed by atoms with van der Waals surface area (Å²) in [6.45, 7) is 2.54. The molecule has 1 heteroatoms. The Labute approximate surface area is 127 Å². The number of methoxy groups -OCH3 is 1. The minimum atomic E-state index is 0.469. The van der Waals surface area contributed by atoms with Gasteiger partial charge in [-0.2, -0.15) is 0 Å². The summed E-state index contributed by atoms with van der Waals surface area (Å²) < 4.78 is 5.39. The highest BCUT2D eigenvalue weighted by Crippen LogP contribution is 2.57. The molecule has 1 aromatic carbocycles. The molecule has 0 amide bonds. The fraction of sp³-hybridized carbons (Fsp3) is 0.500. The smallest absolute Gasteiger partial charge is 0.119 e. The molecule has 0 saturated carbocycles. The lowest BCUT2D eigenvalue weighted by molar-refractivity contribution is 0.106. The Morgan fingerprint density at radius 1 is 1.19 bits per heavy atom. The molecule has 1 aromatic rings. The Hall–Kier alpha value is -1.50. The lowest BCUT2D eigenvalue weighted by Gasteiger charge is -2.51. The Morgan fingerprint density at radius 3 is 2.95 bits per heavy atom. The van der Waals surface area contributed by atoms with Crippen molar-refractivity contribution < 1.29 is 4.74 Å². The van der Waals surface area contributed by atoms with E-state index in [1.165, 1.54) is 43.2 Å². The summed E-state index contributed by atoms with van der Waals surface area (Å²) in [5.74, 6) is 2.58. The summed E-state index contributed by atoms with van der Waals surface area (Å²) in [5, 5.41) is 0. The van der Waals surface area contributed by atoms with Crippen molar-refractivity contribution in [3.8, 4) is 5.75 Å². The third-order valence-electron chi connectivity index (χ3n) is 6.20. The van der Waals surface area contributed by atoms with Gasteiger partial charge in [0.1, 0.15) is 5.75 Å². The number of allylic oxidation sites excluding steroid dienone is 4. The second-order valence-corrected chi connectivity index (χ2v) is 7.12. The van der Waals surface area contributed by atoms with Gasteiger partial charge in [-0.05, 0) is 78.2 Å². The Morgan fingerprint density at radius 2 is 2.10 bits per heavy atom. The van der Waals surface area contributed by atoms with Crippen molar-refractivity contribution in [2.45, 2.75) is 39.0 Å². The predicted molar refractivity (Wildman–Crippen MR) is 87.4 cm³/mol. The number of rotatable bonds is 1. The van der Waals surface area contributed by atoms with Gasteiger partial charge in [-0.1, -0.05) is 31.2 Å². The van der Waals surface area contributed by atoms with E-state index in [-0.39, 0.29) is 0 Å². The van der Waals surface area contributed by atoms with Crippen LogP contribution < -0.4 is 4.74 Å². The maximum Gasteiger partial charge on any atom is 0.119 e. The van der Waals surface area contributed by atoms with Crippen LogP contribution in [0, 0.1) is 17.3 Å². The van der Waals surface area contributed by atoms with E-state index in [1.807, 2.05) is 0 Å². The monoisotopic (exact) mass is 280 g/mol. The van der Waals surface area contributed by atoms with Crippen LogP contribution in [0.3, 0.4) is 0 Å². The quantitative estimate of drug-likeness (QED) is 0.656. The molecule has 21 heavy (non-hydrogen) atoms. The van der Waals surface area contributed by atoms with E-state index < -0.39 is 0 Å². The molecule has 3 aliphatic carbocycles. The average Bonchev–Trinajstić information content (AvgIpc) is 2.53. The second kappa shape index (κ2) is 4.76. The summed E-state index contributed by atoms with van der Waals surface area (Å²) in [7, 11) is 1.76. The van der Waals surface area contributed by atoms with Crippen molar-refractivity contribution in [1.82, 2.24) is 0 Å². The number of benzene rings is 1. The molecule has 1 unspecified atom stereocenters. The average molecular weight is 280 g/mol. The molecule has 1 nitrogen and oxygen atoms in total. The molecule has 3 aliphatic rings. The van der Waals surface area contributed by atoms with Crippen LogP contribution in [0.4, 0.5) is 0 Å². The SMILES string of the molecule is COc1ccc2c(c1)CCC1C2=CC[C@H]2CC=CC[C@]12C. The standard InChI is InChI=1S/C20H24O/c1-20-12-4-3-5-15(20)7-9-18-17-10-8-16(21-2)13-14(17)6-11-19(18)20/h3-4,8-10,13,15,19H,5-7,11-12H2,1-2H3/t15-,19?,20+/m1/s1. The van der Waals surface area contributed by atoms with Crippen LogP contribution in [0.25, 0.3) is 5.57 Å². The third kappa shape index (κ3) is 1.90. The van der Waals surface area contributed by atoms with Crippen molar-refractivity contribution in [3.63, 3.8) is 0 Å². The van der Waals surface area contributed by atoms with E-state index >= 15 is 0 Å². The first-order chi connectivity index (χ1) is 10.2. The Bertz CT molecular complexity index is 625. The van der Waals surface area contributed by atoms with E-state index in [2.05, 4.69) is 43.4 Å². The minimum Gasteiger partial charge on any atom is -0.497 e. The molecule has 0 radical (unpaired) electrons. The van der Waals surface area contributed by atoms with Crippen LogP contribution in [0.5, 0.6) is 5.75 Å². The highest BCUT2D eigenvalue weighted by Gasteiger charge is 2.46. The number of fused-ring (bicyclic) bond motifs is 5. The summed E-state index contributed by atoms with van der Waals surface area (Å²) in [6.07, 6.45) is 13.6. The fourth-order valence-electron chi connectivity index (χ4n) is 4.86. The third-order valence-corrected chi connectivity index (χ3v) is 6.20. The fourth-order valence-corrected chi connectivity index (χ4v) is 4.86. The molecule has 0 saturated heterocycles. The zero-order valence-corrected chi connectivity index (χ0v) is 13.1. The van der Waals surface area contributed by atoms with Gasteiger partial charge in [0.2, 0.25) is 0 Å². The molecule has 0 N–H and O–H groups in total. The van der Waals surface area contributed by atoms with Crippen molar-refractivity contribution >= 4 is 5.57 Å². The summed E-state index contributed by atoms with van der Waals surface area (Å²) >= 11 is 0. The van der Waals surface area contributed by atoms with Crippen molar-refractivity contribution in [2.24, 2.45) is 17.3 Å². The van der Waals surface area contributed by atoms with Gasteiger partial charge in [0.15, 0.2) is 0 Å². The van der Waals surface area contributed by atoms with Gasteiger partial charge in [0, 0.05) is 0 Å². The lowest BCUT2D eigenvalue weighted by Crippen LogP contribution is -2.41. The molecular formula is C20H24O. The topological polar surface area (TPSA) is 9.23 Å². The zero-order chi connectivity index (χ0) is 14.4. The van der Waals surface area contributed by atoms with Gasteiger partial charge in [0.25, 0.3) is 0 Å². The van der Waals surface area contributed by atoms with Gasteiger partial charge < -0.3 is 4.74 Å². The second-order valence-electron chi connectivity index (χ2n) is 7.12. The predicted octanol–water partition coefficient (Wildman–Crippen LogP) is 5.02. The van der Waals surface area contributed by atoms with E-state index in [9.17, 15) is 0 Å². The van der Waals surface area contributed by atoms with Crippen molar-refractivity contribution in [2.75, 3.05) is 7.11 Å². The lowest BCUT2D eigenvalue weighted by atomic mass is 9.54. The molecule has 110 valence electrons. The number of hydrogen-bond acceptors (Lipinski definition) is 1. The first-order valence-corrected chi connectivity index (χ1v) is 8.25. The van der Waals surface area contributed by atoms with Crippen LogP contribution in [-0.4, -0.2) is 7.11 Å². The molecular weight excluding hydrogens is 256 g/mol. The number of hydrogen-bond donors (Lipinski definition) is 0. The molecule has 0 bridgehead atoms. The summed E-state index contributed by atoms with van der Waals surface area (Å²) in [4.78, 5) is 0. The molecule has 3 atom stereocenters. The van der Waals surface area contributed by atoms with Gasteiger partial charge in [0.05, 0.1) is 7.11 Å². The normalized spacial score (nSPS) is 33.5. The molecule has 0 heterocycles. The summed E-state index contributed by atoms with van der Waals surface area (Å²) in [5.41, 5.74) is 5.05. The molecule has 4 rings (SSSR count). The molecule has 0 spiro atoms. The first kappa shape index (κ1) is 13.2. The van der Waals surface area contributed by atoms with Gasteiger partial charge in [-0.25, -0.2) is 0 Å². The Kier molecular flexibility index (Phi) is 2.99. The number of ether oxygens (including phenoxy) is 1. The first-order valence-electron chi connectivity index (χ1n) is 8.25. The van der Waals surface area contributed by atoms with Crippen LogP contribution >= 0.6 is 0 Å². The maximum atomic E-state index is 5.39. The Balaban J connectivity index is 1.77. The van der Waals surface area contributed by atoms with E-state index in [0.717, 1.165) is 17.6 Å². The minimum absolute atomic E-state index is 0.469. The van der Waals surface area contributed by atoms with E-state index in [4.69, 9.17) is 4.74 Å². The number of aryl methyl sites for hydroxylation is 1. The molecule has 0 aromatic heterocycles. The van der Waals surface area contributed by atoms with Gasteiger partial charge >= 0.3 is 0 Å². The molecule has 0 fully saturated rings. The van der Waals surface area contributed by atoms with Crippen LogP contribution in [0.1, 0.15) is 43.7 Å². The van der Waals surface area contributed by atoms with Crippen LogP contribution in [-0.2, 0) is 6.42 Å². The van der Waals surface area contributed by atoms with Gasteiger partial charge in [-0.3, -0.25) is 0 Å². The van der Waals surface area contributed by atoms with Crippen molar-refractivity contribution in [3.05, 3.63) is 47.6 Å². The van der Waals surface area contributed by atoms with Crippen LogP contribution in [0.2, 0.25) is 0 Å². The molecule has 0 aliphatic heterocycles. The van der Waals surface area contributed by atoms with E-state index in [0.29, 0.717) is 5.41 Å². The zero-order valence-electron chi connectivity index (χ0n) is 13.1. The van der Waals surface area contributed by atoms with E-state index in [1.54, 1.807) is 12.7 Å². The summed E-state index contributed by atoms with van der Waals surface area (Å²) in [6, 6.07) is 6.65. The highest BCUT2D eigenvalue weighted by molar-refractivity contribution is 5.74. The van der Waals surface area contributed by atoms with Crippen LogP contribution in [0.15, 0.2) is 36.4 Å².